The number of ether oxygens (including phenoxy) is 2. The van der Waals surface area contributed by atoms with Gasteiger partial charge in [0.1, 0.15) is 0 Å². The van der Waals surface area contributed by atoms with Crippen LogP contribution in [0.3, 0.4) is 0 Å². The maximum Gasteiger partial charge on any atom is 0.387 e. The van der Waals surface area contributed by atoms with Gasteiger partial charge in [0.2, 0.25) is 0 Å². The lowest BCUT2D eigenvalue weighted by Crippen LogP contribution is -2.17. The Morgan fingerprint density at radius 3 is 2.55 bits per heavy atom. The molecule has 20 heavy (non-hydrogen) atoms. The van der Waals surface area contributed by atoms with Crippen LogP contribution < -0.4 is 14.4 Å². The van der Waals surface area contributed by atoms with E-state index in [0.29, 0.717) is 18.3 Å². The number of anilines is 1. The molecule has 2 aliphatic rings. The van der Waals surface area contributed by atoms with Crippen LogP contribution in [0.5, 0.6) is 11.5 Å². The summed E-state index contributed by atoms with van der Waals surface area (Å²) in [6.45, 7) is -0.215. The lowest BCUT2D eigenvalue weighted by Gasteiger charge is -2.20. The monoisotopic (exact) mass is 283 g/mol. The fourth-order valence-electron chi connectivity index (χ4n) is 2.47. The van der Waals surface area contributed by atoms with Gasteiger partial charge in [0.05, 0.1) is 6.61 Å². The first kappa shape index (κ1) is 13.5. The molecule has 1 aliphatic heterocycles. The van der Waals surface area contributed by atoms with Gasteiger partial charge >= 0.3 is 6.61 Å². The van der Waals surface area contributed by atoms with Crippen LogP contribution in [0.4, 0.5) is 14.5 Å². The number of alkyl halides is 2. The number of hydrogen-bond acceptors (Lipinski definition) is 3. The van der Waals surface area contributed by atoms with Crippen molar-refractivity contribution in [1.29, 1.82) is 0 Å². The average Bonchev–Trinajstić information content (AvgIpc) is 3.09. The van der Waals surface area contributed by atoms with Gasteiger partial charge in [0.15, 0.2) is 11.5 Å². The number of nitrogens with zero attached hydrogens (tertiary/aromatic N) is 1. The molecule has 0 amide bonds. The topological polar surface area (TPSA) is 21.7 Å². The molecular weight excluding hydrogens is 264 g/mol. The van der Waals surface area contributed by atoms with Crippen LogP contribution >= 0.6 is 0 Å². The van der Waals surface area contributed by atoms with Gasteiger partial charge < -0.3 is 14.4 Å². The molecule has 1 heterocycles. The molecule has 3 rings (SSSR count). The number of hydrogen-bond donors (Lipinski definition) is 0. The van der Waals surface area contributed by atoms with Gasteiger partial charge in [-0.2, -0.15) is 8.78 Å². The summed E-state index contributed by atoms with van der Waals surface area (Å²) in [7, 11) is 0. The summed E-state index contributed by atoms with van der Waals surface area (Å²) in [5, 5.41) is 0. The maximum absolute atomic E-state index is 12.4. The van der Waals surface area contributed by atoms with Crippen molar-refractivity contribution in [3.63, 3.8) is 0 Å². The molecule has 0 unspecified atom stereocenters. The van der Waals surface area contributed by atoms with Crippen LogP contribution in [0.25, 0.3) is 0 Å². The molecule has 0 bridgehead atoms. The zero-order valence-corrected chi connectivity index (χ0v) is 11.4. The van der Waals surface area contributed by atoms with Gasteiger partial charge in [-0.15, -0.1) is 0 Å². The Morgan fingerprint density at radius 2 is 1.90 bits per heavy atom. The van der Waals surface area contributed by atoms with Crippen molar-refractivity contribution in [3.05, 3.63) is 18.2 Å². The largest absolute Gasteiger partial charge is 0.489 e. The van der Waals surface area contributed by atoms with Gasteiger partial charge in [0.25, 0.3) is 0 Å². The van der Waals surface area contributed by atoms with Gasteiger partial charge in [-0.3, -0.25) is 0 Å². The normalized spacial score (nSPS) is 18.6. The van der Waals surface area contributed by atoms with Gasteiger partial charge in [0, 0.05) is 24.8 Å². The Kier molecular flexibility index (Phi) is 3.94. The molecule has 1 aromatic rings. The Labute approximate surface area is 117 Å². The van der Waals surface area contributed by atoms with E-state index < -0.39 is 6.61 Å². The zero-order chi connectivity index (χ0) is 13.9. The first-order valence-corrected chi connectivity index (χ1v) is 7.19. The molecule has 1 aromatic carbocycles. The Morgan fingerprint density at radius 1 is 1.15 bits per heavy atom. The summed E-state index contributed by atoms with van der Waals surface area (Å²) >= 11 is 0. The van der Waals surface area contributed by atoms with Crippen LogP contribution in [0.1, 0.15) is 25.7 Å². The first-order valence-electron chi connectivity index (χ1n) is 7.19. The highest BCUT2D eigenvalue weighted by molar-refractivity contribution is 5.56. The summed E-state index contributed by atoms with van der Waals surface area (Å²) in [5.74, 6) is 1.13. The first-order chi connectivity index (χ1) is 9.72. The molecule has 1 aliphatic carbocycles. The molecule has 1 saturated carbocycles. The highest BCUT2D eigenvalue weighted by atomic mass is 19.3. The quantitative estimate of drug-likeness (QED) is 0.795. The molecule has 0 aromatic heterocycles. The predicted octanol–water partition coefficient (Wildman–Crippen LogP) is 3.68. The zero-order valence-electron chi connectivity index (χ0n) is 11.4. The number of halogens is 2. The van der Waals surface area contributed by atoms with Crippen LogP contribution in [-0.2, 0) is 0 Å². The predicted molar refractivity (Wildman–Crippen MR) is 72.7 cm³/mol. The SMILES string of the molecule is FC(F)Oc1ccc(N2CCCC2)cc1OCC1CC1. The molecule has 2 fully saturated rings. The van der Waals surface area contributed by atoms with Gasteiger partial charge in [-0.1, -0.05) is 0 Å². The molecule has 0 atom stereocenters. The van der Waals surface area contributed by atoms with E-state index in [0.717, 1.165) is 31.6 Å². The second-order valence-corrected chi connectivity index (χ2v) is 5.46. The van der Waals surface area contributed by atoms with E-state index in [1.165, 1.54) is 12.8 Å². The minimum Gasteiger partial charge on any atom is -0.489 e. The van der Waals surface area contributed by atoms with Crippen molar-refractivity contribution in [1.82, 2.24) is 0 Å². The van der Waals surface area contributed by atoms with E-state index in [9.17, 15) is 8.78 Å². The second kappa shape index (κ2) is 5.85. The Balaban J connectivity index is 1.77. The fraction of sp³-hybridized carbons (Fsp3) is 0.600. The van der Waals surface area contributed by atoms with E-state index >= 15 is 0 Å². The van der Waals surface area contributed by atoms with Gasteiger partial charge in [-0.05, 0) is 43.7 Å². The molecule has 5 heteroatoms. The van der Waals surface area contributed by atoms with Crippen molar-refractivity contribution in [2.75, 3.05) is 24.6 Å². The van der Waals surface area contributed by atoms with Crippen molar-refractivity contribution < 1.29 is 18.3 Å². The van der Waals surface area contributed by atoms with Crippen molar-refractivity contribution in [2.24, 2.45) is 5.92 Å². The van der Waals surface area contributed by atoms with Gasteiger partial charge in [-0.25, -0.2) is 0 Å². The molecule has 0 N–H and O–H groups in total. The smallest absolute Gasteiger partial charge is 0.387 e. The lowest BCUT2D eigenvalue weighted by molar-refractivity contribution is -0.0515. The van der Waals surface area contributed by atoms with Crippen LogP contribution in [0, 0.1) is 5.92 Å². The van der Waals surface area contributed by atoms with E-state index in [-0.39, 0.29) is 5.75 Å². The fourth-order valence-corrected chi connectivity index (χ4v) is 2.47. The molecule has 0 radical (unpaired) electrons. The molecule has 1 saturated heterocycles. The number of benzene rings is 1. The minimum absolute atomic E-state index is 0.128. The van der Waals surface area contributed by atoms with E-state index in [1.807, 2.05) is 12.1 Å². The third-order valence-corrected chi connectivity index (χ3v) is 3.79. The van der Waals surface area contributed by atoms with Crippen LogP contribution in [0.2, 0.25) is 0 Å². The van der Waals surface area contributed by atoms with Crippen molar-refractivity contribution >= 4 is 5.69 Å². The third kappa shape index (κ3) is 3.32. The molecule has 0 spiro atoms. The van der Waals surface area contributed by atoms with Crippen molar-refractivity contribution in [3.8, 4) is 11.5 Å². The highest BCUT2D eigenvalue weighted by Crippen LogP contribution is 2.36. The average molecular weight is 283 g/mol. The lowest BCUT2D eigenvalue weighted by atomic mass is 10.2. The molecule has 3 nitrogen and oxygen atoms in total. The van der Waals surface area contributed by atoms with Crippen LogP contribution in [0.15, 0.2) is 18.2 Å². The van der Waals surface area contributed by atoms with E-state index in [2.05, 4.69) is 9.64 Å². The highest BCUT2D eigenvalue weighted by Gasteiger charge is 2.23. The molecule has 110 valence electrons. The standard InChI is InChI=1S/C15H19F2NO2/c16-15(17)20-13-6-5-12(18-7-1-2-8-18)9-14(13)19-10-11-3-4-11/h5-6,9,11,15H,1-4,7-8,10H2. The Bertz CT molecular complexity index is 457. The summed E-state index contributed by atoms with van der Waals surface area (Å²) < 4.78 is 35.1. The van der Waals surface area contributed by atoms with Crippen LogP contribution in [-0.4, -0.2) is 26.3 Å². The van der Waals surface area contributed by atoms with E-state index in [1.54, 1.807) is 6.07 Å². The Hall–Kier alpha value is -1.52. The summed E-state index contributed by atoms with van der Waals surface area (Å²) in [5.41, 5.74) is 1.02. The number of rotatable bonds is 6. The third-order valence-electron chi connectivity index (χ3n) is 3.79. The van der Waals surface area contributed by atoms with E-state index in [4.69, 9.17) is 4.74 Å². The molecular formula is C15H19F2NO2. The second-order valence-electron chi connectivity index (χ2n) is 5.46. The summed E-state index contributed by atoms with van der Waals surface area (Å²) in [6, 6.07) is 5.24. The maximum atomic E-state index is 12.4. The van der Waals surface area contributed by atoms with Crippen molar-refractivity contribution in [2.45, 2.75) is 32.3 Å². The summed E-state index contributed by atoms with van der Waals surface area (Å²) in [6.07, 6.45) is 4.68. The summed E-state index contributed by atoms with van der Waals surface area (Å²) in [4.78, 5) is 2.25. The minimum atomic E-state index is -2.82.